The molecule has 6 aromatic rings. The number of hydrogen-bond donors (Lipinski definition) is 2. The Morgan fingerprint density at radius 3 is 1.92 bits per heavy atom. The lowest BCUT2D eigenvalue weighted by Gasteiger charge is -2.38. The van der Waals surface area contributed by atoms with Gasteiger partial charge in [-0.15, -0.1) is 0 Å². The van der Waals surface area contributed by atoms with E-state index < -0.39 is 72.9 Å². The third-order valence-electron chi connectivity index (χ3n) is 13.7. The van der Waals surface area contributed by atoms with Crippen LogP contribution in [0.5, 0.6) is 0 Å². The number of ether oxygens (including phenoxy) is 4. The number of rotatable bonds is 15. The summed E-state index contributed by atoms with van der Waals surface area (Å²) in [5, 5.41) is 16.2. The molecule has 9 heterocycles. The number of nitrogens with one attached hydrogen (secondary N) is 1. The average molecular weight is 1050 g/mol. The van der Waals surface area contributed by atoms with Crippen molar-refractivity contribution in [3.63, 3.8) is 0 Å². The smallest absolute Gasteiger partial charge is 0.378 e. The number of fused-ring (bicyclic) bond motifs is 2. The number of imidazole rings is 2. The van der Waals surface area contributed by atoms with Crippen LogP contribution in [0.1, 0.15) is 89.6 Å². The highest BCUT2D eigenvalue weighted by atomic mass is 19.4. The molecule has 9 atom stereocenters. The van der Waals surface area contributed by atoms with Crippen molar-refractivity contribution in [3.05, 3.63) is 60.7 Å². The van der Waals surface area contributed by atoms with E-state index in [0.29, 0.717) is 26.0 Å². The molecule has 1 unspecified atom stereocenters. The molecular weight excluding hydrogens is 993 g/mol. The Bertz CT molecular complexity index is 2920. The van der Waals surface area contributed by atoms with Crippen molar-refractivity contribution in [2.45, 2.75) is 127 Å². The van der Waals surface area contributed by atoms with Crippen LogP contribution < -0.4 is 20.0 Å². The maximum absolute atomic E-state index is 15.3. The summed E-state index contributed by atoms with van der Waals surface area (Å²) in [6, 6.07) is 0.714. The van der Waals surface area contributed by atoms with E-state index in [2.05, 4.69) is 45.2 Å². The zero-order chi connectivity index (χ0) is 52.9. The first-order chi connectivity index (χ1) is 35.2. The third-order valence-corrected chi connectivity index (χ3v) is 13.7. The lowest BCUT2D eigenvalue weighted by Crippen LogP contribution is -2.47. The summed E-state index contributed by atoms with van der Waals surface area (Å²) >= 11 is 0. The van der Waals surface area contributed by atoms with Gasteiger partial charge in [-0.25, -0.2) is 38.7 Å². The maximum Gasteiger partial charge on any atom is 0.408 e. The first-order valence-corrected chi connectivity index (χ1v) is 24.1. The van der Waals surface area contributed by atoms with Crippen LogP contribution in [0.4, 0.5) is 70.3 Å². The van der Waals surface area contributed by atoms with Crippen LogP contribution in [-0.4, -0.2) is 144 Å². The van der Waals surface area contributed by atoms with Gasteiger partial charge in [-0.1, -0.05) is 0 Å². The number of anilines is 6. The van der Waals surface area contributed by atoms with Crippen molar-refractivity contribution >= 4 is 57.2 Å². The molecule has 0 spiro atoms. The van der Waals surface area contributed by atoms with Crippen molar-refractivity contribution in [3.8, 4) is 0 Å². The molecule has 27 heteroatoms. The summed E-state index contributed by atoms with van der Waals surface area (Å²) in [6.07, 6.45) is -7.75. The summed E-state index contributed by atoms with van der Waals surface area (Å²) < 4.78 is 145. The van der Waals surface area contributed by atoms with E-state index in [0.717, 1.165) is 47.6 Å². The molecule has 0 saturated carbocycles. The van der Waals surface area contributed by atoms with Crippen LogP contribution >= 0.6 is 0 Å². The minimum Gasteiger partial charge on any atom is -0.378 e. The number of methoxy groups -OCH3 is 2. The lowest BCUT2D eigenvalue weighted by molar-refractivity contribution is -0.190. The highest BCUT2D eigenvalue weighted by molar-refractivity contribution is 5.82. The monoisotopic (exact) mass is 1050 g/mol. The Morgan fingerprint density at radius 1 is 0.716 bits per heavy atom. The molecule has 3 fully saturated rings. The number of nitrogens with zero attached hydrogens (tertiary/aromatic N) is 13. The molecule has 0 bridgehead atoms. The van der Waals surface area contributed by atoms with Crippen molar-refractivity contribution in [1.82, 2.24) is 49.0 Å². The molecular formula is C47H56F8N14O5. The van der Waals surface area contributed by atoms with Gasteiger partial charge in [0.05, 0.1) is 48.7 Å². The topological polar surface area (TPSA) is 192 Å². The van der Waals surface area contributed by atoms with Gasteiger partial charge in [0, 0.05) is 58.4 Å². The fourth-order valence-corrected chi connectivity index (χ4v) is 9.66. The number of aromatic nitrogens is 10. The van der Waals surface area contributed by atoms with Crippen molar-refractivity contribution < 1.29 is 59.2 Å². The van der Waals surface area contributed by atoms with Gasteiger partial charge in [0.15, 0.2) is 12.1 Å². The lowest BCUT2D eigenvalue weighted by atomic mass is 10.1. The van der Waals surface area contributed by atoms with Gasteiger partial charge in [0.1, 0.15) is 70.7 Å². The zero-order valence-electron chi connectivity index (χ0n) is 41.2. The molecule has 0 aromatic carbocycles. The Morgan fingerprint density at radius 2 is 1.31 bits per heavy atom. The van der Waals surface area contributed by atoms with E-state index in [9.17, 15) is 22.7 Å². The van der Waals surface area contributed by atoms with Crippen LogP contribution in [-0.2, 0) is 24.7 Å². The Balaban J connectivity index is 1.17. The molecule has 6 aromatic heterocycles. The van der Waals surface area contributed by atoms with Gasteiger partial charge in [0.2, 0.25) is 17.6 Å². The predicted octanol–water partition coefficient (Wildman–Crippen LogP) is 8.48. The SMILES string of the molecule is CO[C@H]1CCN(c2nccc(Nc3cc4c(cn3)nc([C@](C)(O)N(c3cc5c(cn3)nc([C@@H](C)OC3CCCCO3)n5[C@@H](C)C(F)(F)F)c3ccnc(N5CC[C@H](OC)[C@H](F)C5)n3)n4[C@@H](C)C(F)(F)F)n2)C[C@H]1F. The normalized spacial score (nSPS) is 23.2. The molecule has 2 N–H and O–H groups in total. The highest BCUT2D eigenvalue weighted by Crippen LogP contribution is 2.44. The van der Waals surface area contributed by atoms with Gasteiger partial charge in [0.25, 0.3) is 0 Å². The van der Waals surface area contributed by atoms with Gasteiger partial charge in [-0.2, -0.15) is 36.3 Å². The molecule has 3 aliphatic rings. The number of pyridine rings is 2. The average Bonchev–Trinajstić information content (AvgIpc) is 3.95. The summed E-state index contributed by atoms with van der Waals surface area (Å²) in [6.45, 7) is 5.30. The summed E-state index contributed by atoms with van der Waals surface area (Å²) in [5.74, 6) is -0.896. The van der Waals surface area contributed by atoms with Gasteiger partial charge >= 0.3 is 12.4 Å². The molecule has 3 saturated heterocycles. The largest absolute Gasteiger partial charge is 0.408 e. The molecule has 9 rings (SSSR count). The minimum atomic E-state index is -4.96. The second-order valence-corrected chi connectivity index (χ2v) is 18.7. The van der Waals surface area contributed by atoms with E-state index in [-0.39, 0.29) is 89.1 Å². The van der Waals surface area contributed by atoms with E-state index >= 15 is 17.6 Å². The quantitative estimate of drug-likeness (QED) is 0.0734. The summed E-state index contributed by atoms with van der Waals surface area (Å²) in [7, 11) is 2.83. The minimum absolute atomic E-state index is 0.0000497. The van der Waals surface area contributed by atoms with Crippen LogP contribution in [0, 0.1) is 0 Å². The van der Waals surface area contributed by atoms with Gasteiger partial charge < -0.3 is 48.3 Å². The molecule has 0 radical (unpaired) electrons. The number of halogens is 8. The van der Waals surface area contributed by atoms with E-state index in [1.165, 1.54) is 68.2 Å². The van der Waals surface area contributed by atoms with E-state index in [1.807, 2.05) is 0 Å². The fourth-order valence-electron chi connectivity index (χ4n) is 9.66. The summed E-state index contributed by atoms with van der Waals surface area (Å²) in [5.41, 5.74) is -3.09. The highest BCUT2D eigenvalue weighted by Gasteiger charge is 2.47. The number of alkyl halides is 8. The van der Waals surface area contributed by atoms with Crippen LogP contribution in [0.25, 0.3) is 22.1 Å². The molecule has 3 aliphatic heterocycles. The van der Waals surface area contributed by atoms with E-state index in [1.54, 1.807) is 11.8 Å². The van der Waals surface area contributed by atoms with Crippen molar-refractivity contribution in [2.24, 2.45) is 0 Å². The second kappa shape index (κ2) is 20.9. The van der Waals surface area contributed by atoms with Gasteiger partial charge in [-0.05, 0) is 71.9 Å². The van der Waals surface area contributed by atoms with Crippen molar-refractivity contribution in [2.75, 3.05) is 67.0 Å². The Labute approximate surface area is 419 Å². The van der Waals surface area contributed by atoms with Crippen LogP contribution in [0.15, 0.2) is 49.1 Å². The molecule has 74 heavy (non-hydrogen) atoms. The van der Waals surface area contributed by atoms with Crippen LogP contribution in [0.2, 0.25) is 0 Å². The Hall–Kier alpha value is -6.16. The predicted molar refractivity (Wildman–Crippen MR) is 254 cm³/mol. The van der Waals surface area contributed by atoms with Crippen LogP contribution in [0.3, 0.4) is 0 Å². The second-order valence-electron chi connectivity index (χ2n) is 18.7. The van der Waals surface area contributed by atoms with Gasteiger partial charge in [-0.3, -0.25) is 4.90 Å². The summed E-state index contributed by atoms with van der Waals surface area (Å²) in [4.78, 5) is 40.1. The fraction of sp³-hybridized carbons (Fsp3) is 0.574. The maximum atomic E-state index is 15.3. The van der Waals surface area contributed by atoms with E-state index in [4.69, 9.17) is 18.9 Å². The molecule has 400 valence electrons. The number of piperidine rings is 2. The molecule has 0 aliphatic carbocycles. The Kier molecular flexibility index (Phi) is 14.9. The molecule has 0 amide bonds. The van der Waals surface area contributed by atoms with Crippen molar-refractivity contribution in [1.29, 1.82) is 0 Å². The molecule has 19 nitrogen and oxygen atoms in total. The third kappa shape index (κ3) is 10.6. The number of hydrogen-bond acceptors (Lipinski definition) is 17. The first-order valence-electron chi connectivity index (χ1n) is 24.1. The standard InChI is InChI=1S/C47H56F8N14O5/c1-25(74-40-9-7-8-18-73-40)41-60-30-22-59-39(20-33(30)67(41)26(2)46(50,51)52)69(38-11-15-57-44(64-38)66-17-13-35(72-6)29(49)24-66)45(4,70)42-61-31-21-58-37(19-32(31)68(42)27(3)47(53,54)55)62-36-10-14-56-43(63-36)65-16-12-34(71-5)28(48)23-65/h10-11,14-15,19-22,25-29,34-35,40,70H,7-9,12-13,16-18,23-24H2,1-6H3,(H,56,58,62,63)/t25-,26+,27+,28-,29-,34+,35+,40?,45+/m1/s1. The first kappa shape index (κ1) is 52.7. The number of aliphatic hydroxyl groups is 1. The zero-order valence-corrected chi connectivity index (χ0v) is 41.2.